The van der Waals surface area contributed by atoms with Gasteiger partial charge in [-0.05, 0) is 55.0 Å². The fourth-order valence-electron chi connectivity index (χ4n) is 3.86. The number of nitriles is 1. The van der Waals surface area contributed by atoms with Gasteiger partial charge in [-0.1, -0.05) is 24.8 Å². The van der Waals surface area contributed by atoms with Crippen molar-refractivity contribution in [2.24, 2.45) is 5.92 Å². The lowest BCUT2D eigenvalue weighted by Gasteiger charge is -2.17. The number of carbonyl (C=O) groups is 1. The van der Waals surface area contributed by atoms with Gasteiger partial charge in [-0.15, -0.1) is 32.9 Å². The smallest absolute Gasteiger partial charge is 0.235 e. The highest BCUT2D eigenvalue weighted by atomic mass is 32.2. The maximum atomic E-state index is 12.7. The third kappa shape index (κ3) is 3.80. The Morgan fingerprint density at radius 1 is 1.40 bits per heavy atom. The predicted octanol–water partition coefficient (Wildman–Crippen LogP) is 5.13. The van der Waals surface area contributed by atoms with Gasteiger partial charge in [0.15, 0.2) is 11.0 Å². The molecule has 1 atom stereocenters. The van der Waals surface area contributed by atoms with Crippen molar-refractivity contribution in [3.63, 3.8) is 0 Å². The van der Waals surface area contributed by atoms with Crippen molar-refractivity contribution in [1.82, 2.24) is 14.8 Å². The Bertz CT molecular complexity index is 1120. The first-order chi connectivity index (χ1) is 14.6. The first kappa shape index (κ1) is 19.8. The number of anilines is 1. The van der Waals surface area contributed by atoms with E-state index in [0.29, 0.717) is 22.5 Å². The molecule has 1 fully saturated rings. The molecule has 1 amide bonds. The van der Waals surface area contributed by atoms with Crippen LogP contribution in [-0.4, -0.2) is 26.4 Å². The molecule has 5 rings (SSSR count). The number of nitrogens with zero attached hydrogens (tertiary/aromatic N) is 4. The monoisotopic (exact) mass is 455 g/mol. The molecule has 9 heteroatoms. The Hall–Kier alpha value is -2.15. The number of rotatable bonds is 6. The maximum Gasteiger partial charge on any atom is 0.235 e. The minimum absolute atomic E-state index is 0.105. The number of aromatic nitrogens is 3. The summed E-state index contributed by atoms with van der Waals surface area (Å²) in [4.78, 5) is 15.0. The van der Waals surface area contributed by atoms with Gasteiger partial charge in [-0.25, -0.2) is 0 Å². The molecule has 30 heavy (non-hydrogen) atoms. The van der Waals surface area contributed by atoms with Crippen molar-refractivity contribution in [1.29, 1.82) is 5.26 Å². The van der Waals surface area contributed by atoms with Gasteiger partial charge >= 0.3 is 0 Å². The lowest BCUT2D eigenvalue weighted by atomic mass is 9.89. The zero-order valence-corrected chi connectivity index (χ0v) is 19.0. The molecule has 0 bridgehead atoms. The first-order valence-corrected chi connectivity index (χ1v) is 12.8. The highest BCUT2D eigenvalue weighted by Crippen LogP contribution is 2.42. The molecular formula is C21H21N5OS3. The number of thiophene rings is 2. The Labute approximate surface area is 187 Å². The van der Waals surface area contributed by atoms with Crippen molar-refractivity contribution in [3.8, 4) is 16.8 Å². The van der Waals surface area contributed by atoms with Crippen LogP contribution in [0.25, 0.3) is 10.7 Å². The van der Waals surface area contributed by atoms with E-state index in [2.05, 4.69) is 39.1 Å². The molecule has 0 spiro atoms. The molecule has 0 aliphatic heterocycles. The van der Waals surface area contributed by atoms with Gasteiger partial charge in [0.25, 0.3) is 0 Å². The topological polar surface area (TPSA) is 83.6 Å². The van der Waals surface area contributed by atoms with E-state index < -0.39 is 0 Å². The fraction of sp³-hybridized carbons (Fsp3) is 0.429. The van der Waals surface area contributed by atoms with Crippen LogP contribution in [0.4, 0.5) is 5.00 Å². The molecular weight excluding hydrogens is 434 g/mol. The normalized spacial score (nSPS) is 18.1. The summed E-state index contributed by atoms with van der Waals surface area (Å²) in [5, 5.41) is 24.9. The van der Waals surface area contributed by atoms with E-state index in [1.54, 1.807) is 22.7 Å². The average Bonchev–Trinajstić information content (AvgIpc) is 3.15. The number of fused-ring (bicyclic) bond motifs is 1. The van der Waals surface area contributed by atoms with Crippen molar-refractivity contribution in [2.45, 2.75) is 50.2 Å². The molecule has 2 aliphatic carbocycles. The summed E-state index contributed by atoms with van der Waals surface area (Å²) in [5.41, 5.74) is 1.79. The zero-order valence-electron chi connectivity index (χ0n) is 16.6. The van der Waals surface area contributed by atoms with Gasteiger partial charge in [0.2, 0.25) is 5.91 Å². The van der Waals surface area contributed by atoms with Crippen LogP contribution < -0.4 is 5.32 Å². The summed E-state index contributed by atoms with van der Waals surface area (Å²) in [6.07, 6.45) is 5.28. The summed E-state index contributed by atoms with van der Waals surface area (Å²) in [7, 11) is 0. The Morgan fingerprint density at radius 2 is 2.27 bits per heavy atom. The standard InChI is InChI=1S/C21H21N5OS3/c1-12-4-7-14-15(10-22)20(30-17(14)9-12)23-18(27)11-29-21-25-24-19(16-3-2-8-28-16)26(21)13-5-6-13/h2-3,8,12-13H,4-7,9,11H2,1H3,(H,23,27)/t12-/m0/s1. The lowest BCUT2D eigenvalue weighted by molar-refractivity contribution is -0.113. The molecule has 3 aromatic heterocycles. The van der Waals surface area contributed by atoms with Crippen molar-refractivity contribution in [2.75, 3.05) is 11.1 Å². The Morgan fingerprint density at radius 3 is 3.00 bits per heavy atom. The largest absolute Gasteiger partial charge is 0.316 e. The molecule has 1 saturated carbocycles. The van der Waals surface area contributed by atoms with Crippen molar-refractivity contribution in [3.05, 3.63) is 33.5 Å². The molecule has 1 N–H and O–H groups in total. The van der Waals surface area contributed by atoms with E-state index >= 15 is 0 Å². The fourth-order valence-corrected chi connectivity index (χ4v) is 6.75. The third-order valence-electron chi connectivity index (χ3n) is 5.53. The van der Waals surface area contributed by atoms with E-state index in [9.17, 15) is 10.1 Å². The molecule has 0 aromatic carbocycles. The van der Waals surface area contributed by atoms with Gasteiger partial charge in [-0.2, -0.15) is 5.26 Å². The molecule has 2 aliphatic rings. The second-order valence-corrected chi connectivity index (χ2v) is 10.9. The predicted molar refractivity (Wildman–Crippen MR) is 121 cm³/mol. The molecule has 0 radical (unpaired) electrons. The second-order valence-electron chi connectivity index (χ2n) is 7.89. The van der Waals surface area contributed by atoms with Crippen LogP contribution in [-0.2, 0) is 17.6 Å². The maximum absolute atomic E-state index is 12.7. The lowest BCUT2D eigenvalue weighted by Crippen LogP contribution is -2.14. The summed E-state index contributed by atoms with van der Waals surface area (Å²) in [5.74, 6) is 1.67. The number of hydrogen-bond acceptors (Lipinski definition) is 7. The van der Waals surface area contributed by atoms with E-state index in [4.69, 9.17) is 0 Å². The van der Waals surface area contributed by atoms with Crippen LogP contribution in [0.1, 0.15) is 48.2 Å². The quantitative estimate of drug-likeness (QED) is 0.521. The average molecular weight is 456 g/mol. The van der Waals surface area contributed by atoms with Gasteiger partial charge in [-0.3, -0.25) is 9.36 Å². The van der Waals surface area contributed by atoms with Crippen LogP contribution in [0.15, 0.2) is 22.7 Å². The molecule has 3 aromatic rings. The summed E-state index contributed by atoms with van der Waals surface area (Å²) in [6.45, 7) is 2.24. The number of thioether (sulfide) groups is 1. The molecule has 154 valence electrons. The van der Waals surface area contributed by atoms with Gasteiger partial charge in [0.05, 0.1) is 16.2 Å². The van der Waals surface area contributed by atoms with Gasteiger partial charge < -0.3 is 5.32 Å². The number of nitrogens with one attached hydrogen (secondary N) is 1. The molecule has 3 heterocycles. The van der Waals surface area contributed by atoms with Gasteiger partial charge in [0.1, 0.15) is 11.1 Å². The number of carbonyl (C=O) groups excluding carboxylic acids is 1. The second kappa shape index (κ2) is 8.17. The van der Waals surface area contributed by atoms with Crippen molar-refractivity contribution < 1.29 is 4.79 Å². The van der Waals surface area contributed by atoms with E-state index in [1.807, 2.05) is 11.4 Å². The third-order valence-corrected chi connectivity index (χ3v) is 8.51. The SMILES string of the molecule is C[C@H]1CCc2c(sc(NC(=O)CSc3nnc(-c4cccs4)n3C3CC3)c2C#N)C1. The highest BCUT2D eigenvalue weighted by Gasteiger charge is 2.31. The minimum atomic E-state index is -0.105. The minimum Gasteiger partial charge on any atom is -0.316 e. The zero-order chi connectivity index (χ0) is 20.7. The van der Waals surface area contributed by atoms with E-state index in [-0.39, 0.29) is 11.7 Å². The molecule has 6 nitrogen and oxygen atoms in total. The summed E-state index contributed by atoms with van der Waals surface area (Å²) in [6, 6.07) is 6.81. The highest BCUT2D eigenvalue weighted by molar-refractivity contribution is 7.99. The van der Waals surface area contributed by atoms with Crippen LogP contribution in [0, 0.1) is 17.2 Å². The van der Waals surface area contributed by atoms with E-state index in [1.165, 1.54) is 16.6 Å². The van der Waals surface area contributed by atoms with Crippen LogP contribution in [0.3, 0.4) is 0 Å². The number of hydrogen-bond donors (Lipinski definition) is 1. The summed E-state index contributed by atoms with van der Waals surface area (Å²) >= 11 is 4.63. The van der Waals surface area contributed by atoms with E-state index in [0.717, 1.165) is 53.5 Å². The number of amides is 1. The molecule has 0 saturated heterocycles. The Kier molecular flexibility index (Phi) is 5.39. The van der Waals surface area contributed by atoms with Crippen molar-refractivity contribution >= 4 is 45.3 Å². The van der Waals surface area contributed by atoms with Crippen LogP contribution in [0.5, 0.6) is 0 Å². The summed E-state index contributed by atoms with van der Waals surface area (Å²) < 4.78 is 2.18. The van der Waals surface area contributed by atoms with Crippen LogP contribution >= 0.6 is 34.4 Å². The van der Waals surface area contributed by atoms with Crippen LogP contribution in [0.2, 0.25) is 0 Å². The first-order valence-electron chi connectivity index (χ1n) is 10.1. The molecule has 0 unspecified atom stereocenters. The Balaban J connectivity index is 1.30. The van der Waals surface area contributed by atoms with Gasteiger partial charge in [0, 0.05) is 10.9 Å².